The molecule has 1 rings (SSSR count). The third-order valence-corrected chi connectivity index (χ3v) is 2.28. The Hall–Kier alpha value is -0.870. The Kier molecular flexibility index (Phi) is 4.62. The van der Waals surface area contributed by atoms with Crippen molar-refractivity contribution in [2.75, 3.05) is 13.2 Å². The minimum absolute atomic E-state index is 0.272. The predicted molar refractivity (Wildman–Crippen MR) is 55.9 cm³/mol. The molecule has 0 fully saturated rings. The van der Waals surface area contributed by atoms with Gasteiger partial charge in [0.25, 0.3) is 0 Å². The van der Waals surface area contributed by atoms with Gasteiger partial charge in [0.15, 0.2) is 0 Å². The summed E-state index contributed by atoms with van der Waals surface area (Å²) in [5, 5.41) is 12.0. The van der Waals surface area contributed by atoms with E-state index in [9.17, 15) is 0 Å². The molecule has 4 nitrogen and oxygen atoms in total. The number of hydrogen-bond acceptors (Lipinski definition) is 3. The topological polar surface area (TPSA) is 50.1 Å². The van der Waals surface area contributed by atoms with Gasteiger partial charge < -0.3 is 15.0 Å². The smallest absolute Gasteiger partial charge is 0.125 e. The number of unbranched alkanes of at least 4 members (excludes halogenated alkanes) is 1. The molecule has 80 valence electrons. The fourth-order valence-electron chi connectivity index (χ4n) is 1.44. The second kappa shape index (κ2) is 5.78. The summed E-state index contributed by atoms with van der Waals surface area (Å²) in [6.07, 6.45) is 5.62. The molecule has 0 spiro atoms. The van der Waals surface area contributed by atoms with Crippen LogP contribution in [-0.4, -0.2) is 27.8 Å². The molecule has 1 aromatic rings. The first-order valence-electron chi connectivity index (χ1n) is 5.07. The fraction of sp³-hybridized carbons (Fsp3) is 0.700. The molecule has 0 bridgehead atoms. The lowest BCUT2D eigenvalue weighted by Gasteiger charge is -2.13. The van der Waals surface area contributed by atoms with Crippen LogP contribution in [0.1, 0.15) is 31.6 Å². The SMILES string of the molecule is CC(NCCCCO)c1nccn1C. The molecular formula is C10H19N3O. The van der Waals surface area contributed by atoms with E-state index >= 15 is 0 Å². The van der Waals surface area contributed by atoms with Crippen molar-refractivity contribution in [1.29, 1.82) is 0 Å². The van der Waals surface area contributed by atoms with E-state index < -0.39 is 0 Å². The molecular weight excluding hydrogens is 178 g/mol. The molecule has 0 aromatic carbocycles. The van der Waals surface area contributed by atoms with E-state index in [1.54, 1.807) is 6.20 Å². The lowest BCUT2D eigenvalue weighted by Crippen LogP contribution is -2.22. The number of rotatable bonds is 6. The zero-order chi connectivity index (χ0) is 10.4. The maximum absolute atomic E-state index is 8.62. The standard InChI is InChI=1S/C10H19N3O/c1-9(11-5-3-4-8-14)10-12-6-7-13(10)2/h6-7,9,11,14H,3-5,8H2,1-2H3. The highest BCUT2D eigenvalue weighted by Gasteiger charge is 2.08. The molecule has 4 heteroatoms. The largest absolute Gasteiger partial charge is 0.396 e. The van der Waals surface area contributed by atoms with Gasteiger partial charge in [-0.2, -0.15) is 0 Å². The normalized spacial score (nSPS) is 13.1. The lowest BCUT2D eigenvalue weighted by atomic mass is 10.2. The summed E-state index contributed by atoms with van der Waals surface area (Å²) in [5.74, 6) is 1.05. The van der Waals surface area contributed by atoms with Crippen molar-refractivity contribution in [3.05, 3.63) is 18.2 Å². The first-order valence-corrected chi connectivity index (χ1v) is 5.07. The second-order valence-electron chi connectivity index (χ2n) is 3.50. The van der Waals surface area contributed by atoms with Crippen molar-refractivity contribution in [3.8, 4) is 0 Å². The number of hydrogen-bond donors (Lipinski definition) is 2. The average molecular weight is 197 g/mol. The number of imidazole rings is 1. The molecule has 1 heterocycles. The van der Waals surface area contributed by atoms with Crippen molar-refractivity contribution in [1.82, 2.24) is 14.9 Å². The summed E-state index contributed by atoms with van der Waals surface area (Å²) in [5.41, 5.74) is 0. The van der Waals surface area contributed by atoms with Crippen LogP contribution < -0.4 is 5.32 Å². The molecule has 0 aliphatic carbocycles. The van der Waals surface area contributed by atoms with Crippen LogP contribution in [0.25, 0.3) is 0 Å². The third-order valence-electron chi connectivity index (χ3n) is 2.28. The van der Waals surface area contributed by atoms with E-state index in [0.717, 1.165) is 25.2 Å². The van der Waals surface area contributed by atoms with E-state index in [2.05, 4.69) is 17.2 Å². The lowest BCUT2D eigenvalue weighted by molar-refractivity contribution is 0.282. The van der Waals surface area contributed by atoms with Crippen LogP contribution in [0.2, 0.25) is 0 Å². The summed E-state index contributed by atoms with van der Waals surface area (Å²) >= 11 is 0. The number of aryl methyl sites for hydroxylation is 1. The highest BCUT2D eigenvalue weighted by Crippen LogP contribution is 2.07. The van der Waals surface area contributed by atoms with Gasteiger partial charge in [0.2, 0.25) is 0 Å². The Bertz CT molecular complexity index is 260. The summed E-state index contributed by atoms with van der Waals surface area (Å²) in [6, 6.07) is 0.272. The molecule has 0 saturated heterocycles. The Morgan fingerprint density at radius 1 is 1.57 bits per heavy atom. The van der Waals surface area contributed by atoms with E-state index in [1.165, 1.54) is 0 Å². The van der Waals surface area contributed by atoms with Crippen LogP contribution in [0, 0.1) is 0 Å². The van der Waals surface area contributed by atoms with Crippen molar-refractivity contribution >= 4 is 0 Å². The van der Waals surface area contributed by atoms with Crippen LogP contribution in [0.3, 0.4) is 0 Å². The van der Waals surface area contributed by atoms with Crippen molar-refractivity contribution in [2.45, 2.75) is 25.8 Å². The monoisotopic (exact) mass is 197 g/mol. The predicted octanol–water partition coefficient (Wildman–Crippen LogP) is 0.843. The first kappa shape index (κ1) is 11.2. The minimum atomic E-state index is 0.272. The van der Waals surface area contributed by atoms with E-state index in [-0.39, 0.29) is 12.6 Å². The Balaban J connectivity index is 2.28. The molecule has 1 aromatic heterocycles. The molecule has 14 heavy (non-hydrogen) atoms. The van der Waals surface area contributed by atoms with Gasteiger partial charge in [0.05, 0.1) is 6.04 Å². The van der Waals surface area contributed by atoms with Gasteiger partial charge in [-0.25, -0.2) is 4.98 Å². The quantitative estimate of drug-likeness (QED) is 0.664. The molecule has 2 N–H and O–H groups in total. The maximum atomic E-state index is 8.62. The Labute approximate surface area is 85.0 Å². The van der Waals surface area contributed by atoms with Crippen molar-refractivity contribution in [3.63, 3.8) is 0 Å². The molecule has 0 radical (unpaired) electrons. The van der Waals surface area contributed by atoms with E-state index in [0.29, 0.717) is 0 Å². The summed E-state index contributed by atoms with van der Waals surface area (Å²) in [6.45, 7) is 3.30. The van der Waals surface area contributed by atoms with Gasteiger partial charge in [0, 0.05) is 26.0 Å². The number of aliphatic hydroxyl groups is 1. The molecule has 1 atom stereocenters. The van der Waals surface area contributed by atoms with Crippen molar-refractivity contribution < 1.29 is 5.11 Å². The molecule has 0 aliphatic rings. The molecule has 0 aliphatic heterocycles. The second-order valence-corrected chi connectivity index (χ2v) is 3.50. The Morgan fingerprint density at radius 3 is 2.93 bits per heavy atom. The van der Waals surface area contributed by atoms with Crippen LogP contribution in [-0.2, 0) is 7.05 Å². The van der Waals surface area contributed by atoms with Crippen LogP contribution in [0.4, 0.5) is 0 Å². The highest BCUT2D eigenvalue weighted by molar-refractivity contribution is 4.96. The highest BCUT2D eigenvalue weighted by atomic mass is 16.2. The third kappa shape index (κ3) is 3.12. The maximum Gasteiger partial charge on any atom is 0.125 e. The van der Waals surface area contributed by atoms with Crippen LogP contribution in [0.5, 0.6) is 0 Å². The van der Waals surface area contributed by atoms with Gasteiger partial charge in [-0.05, 0) is 26.3 Å². The number of nitrogens with zero attached hydrogens (tertiary/aromatic N) is 2. The van der Waals surface area contributed by atoms with Crippen LogP contribution >= 0.6 is 0 Å². The van der Waals surface area contributed by atoms with Gasteiger partial charge in [-0.1, -0.05) is 0 Å². The molecule has 0 amide bonds. The summed E-state index contributed by atoms with van der Waals surface area (Å²) in [4.78, 5) is 4.27. The van der Waals surface area contributed by atoms with Gasteiger partial charge in [-0.3, -0.25) is 0 Å². The zero-order valence-corrected chi connectivity index (χ0v) is 8.90. The van der Waals surface area contributed by atoms with Crippen molar-refractivity contribution in [2.24, 2.45) is 7.05 Å². The van der Waals surface area contributed by atoms with E-state index in [1.807, 2.05) is 17.8 Å². The first-order chi connectivity index (χ1) is 6.75. The molecule has 0 saturated carbocycles. The Morgan fingerprint density at radius 2 is 2.36 bits per heavy atom. The minimum Gasteiger partial charge on any atom is -0.396 e. The van der Waals surface area contributed by atoms with E-state index in [4.69, 9.17) is 5.11 Å². The summed E-state index contributed by atoms with van der Waals surface area (Å²) < 4.78 is 2.02. The summed E-state index contributed by atoms with van der Waals surface area (Å²) in [7, 11) is 1.99. The fourth-order valence-corrected chi connectivity index (χ4v) is 1.44. The zero-order valence-electron chi connectivity index (χ0n) is 8.90. The van der Waals surface area contributed by atoms with Gasteiger partial charge in [-0.15, -0.1) is 0 Å². The average Bonchev–Trinajstić information content (AvgIpc) is 2.59. The number of aliphatic hydroxyl groups excluding tert-OH is 1. The molecule has 1 unspecified atom stereocenters. The van der Waals surface area contributed by atoms with Gasteiger partial charge >= 0.3 is 0 Å². The van der Waals surface area contributed by atoms with Crippen LogP contribution in [0.15, 0.2) is 12.4 Å². The van der Waals surface area contributed by atoms with Gasteiger partial charge in [0.1, 0.15) is 5.82 Å². The number of nitrogens with one attached hydrogen (secondary N) is 1. The number of aromatic nitrogens is 2.